The number of nitrogens with zero attached hydrogens (tertiary/aromatic N) is 4. The maximum Gasteiger partial charge on any atom is 0.417 e. The van der Waals surface area contributed by atoms with E-state index in [1.165, 1.54) is 12.3 Å². The van der Waals surface area contributed by atoms with E-state index in [4.69, 9.17) is 32.8 Å². The molecular weight excluding hydrogens is 465 g/mol. The lowest BCUT2D eigenvalue weighted by Crippen LogP contribution is -2.07. The number of aliphatic hydroxyl groups is 1. The van der Waals surface area contributed by atoms with Crippen molar-refractivity contribution in [3.05, 3.63) is 52.0 Å². The number of aliphatic hydroxyl groups excluding tert-OH is 1. The van der Waals surface area contributed by atoms with Gasteiger partial charge in [0, 0.05) is 24.5 Å². The summed E-state index contributed by atoms with van der Waals surface area (Å²) < 4.78 is 59.5. The van der Waals surface area contributed by atoms with Crippen molar-refractivity contribution in [2.24, 2.45) is 0 Å². The maximum atomic E-state index is 14.3. The molecule has 0 aliphatic rings. The summed E-state index contributed by atoms with van der Waals surface area (Å²) in [6, 6.07) is 3.16. The molecule has 0 saturated heterocycles. The molecule has 0 atom stereocenters. The average molecular weight is 476 g/mol. The van der Waals surface area contributed by atoms with Crippen LogP contribution < -0.4 is 5.32 Å². The second kappa shape index (κ2) is 7.98. The number of rotatable bonds is 5. The molecule has 0 unspecified atom stereocenters. The Morgan fingerprint density at radius 2 is 1.87 bits per heavy atom. The summed E-state index contributed by atoms with van der Waals surface area (Å²) in [5.74, 6) is -0.826. The monoisotopic (exact) mass is 475 g/mol. The van der Waals surface area contributed by atoms with Crippen LogP contribution in [0.3, 0.4) is 0 Å². The largest absolute Gasteiger partial charge is 0.417 e. The van der Waals surface area contributed by atoms with Gasteiger partial charge in [0.15, 0.2) is 5.65 Å². The highest BCUT2D eigenvalue weighted by molar-refractivity contribution is 6.33. The predicted molar refractivity (Wildman–Crippen MR) is 104 cm³/mol. The second-order valence-electron chi connectivity index (χ2n) is 6.32. The first-order valence-electron chi connectivity index (χ1n) is 8.61. The molecule has 0 fully saturated rings. The van der Waals surface area contributed by atoms with E-state index < -0.39 is 17.6 Å². The Morgan fingerprint density at radius 1 is 1.10 bits per heavy atom. The number of aromatic nitrogens is 4. The van der Waals surface area contributed by atoms with Crippen molar-refractivity contribution < 1.29 is 27.2 Å². The number of imidazole rings is 1. The number of hydrogen-bond acceptors (Lipinski definition) is 6. The van der Waals surface area contributed by atoms with E-state index in [1.54, 1.807) is 0 Å². The summed E-state index contributed by atoms with van der Waals surface area (Å²) in [6.07, 6.45) is -2.50. The van der Waals surface area contributed by atoms with Crippen molar-refractivity contribution >= 4 is 34.5 Å². The van der Waals surface area contributed by atoms with E-state index in [1.807, 2.05) is 0 Å². The Hall–Kier alpha value is -2.89. The first kappa shape index (κ1) is 21.3. The molecule has 2 N–H and O–H groups in total. The lowest BCUT2D eigenvalue weighted by atomic mass is 10.2. The molecule has 1 aromatic carbocycles. The molecule has 4 rings (SSSR count). The summed E-state index contributed by atoms with van der Waals surface area (Å²) in [6.45, 7) is -0.0635. The third-order valence-corrected chi connectivity index (χ3v) is 4.79. The zero-order valence-corrected chi connectivity index (χ0v) is 16.7. The van der Waals surface area contributed by atoms with Gasteiger partial charge < -0.3 is 19.3 Å². The zero-order chi connectivity index (χ0) is 22.3. The number of benzene rings is 1. The van der Waals surface area contributed by atoms with Crippen LogP contribution in [0.2, 0.25) is 10.0 Å². The van der Waals surface area contributed by atoms with Crippen molar-refractivity contribution in [1.29, 1.82) is 0 Å². The molecule has 4 aromatic rings. The van der Waals surface area contributed by atoms with E-state index in [0.29, 0.717) is 0 Å². The molecule has 0 bridgehead atoms. The van der Waals surface area contributed by atoms with Gasteiger partial charge >= 0.3 is 6.18 Å². The van der Waals surface area contributed by atoms with Crippen LogP contribution in [-0.4, -0.2) is 37.8 Å². The molecule has 31 heavy (non-hydrogen) atoms. The number of anilines is 1. The maximum absolute atomic E-state index is 14.3. The summed E-state index contributed by atoms with van der Waals surface area (Å²) in [5.41, 5.74) is -0.602. The van der Waals surface area contributed by atoms with Crippen LogP contribution in [-0.2, 0) is 6.18 Å². The third-order valence-electron chi connectivity index (χ3n) is 4.20. The van der Waals surface area contributed by atoms with Gasteiger partial charge in [0.25, 0.3) is 5.89 Å². The van der Waals surface area contributed by atoms with Gasteiger partial charge in [-0.15, -0.1) is 0 Å². The highest BCUT2D eigenvalue weighted by Gasteiger charge is 2.32. The number of fused-ring (bicyclic) bond motifs is 1. The average Bonchev–Trinajstić information content (AvgIpc) is 3.34. The van der Waals surface area contributed by atoms with E-state index in [2.05, 4.69) is 20.4 Å². The van der Waals surface area contributed by atoms with Gasteiger partial charge in [0.05, 0.1) is 27.9 Å². The molecule has 0 spiro atoms. The lowest BCUT2D eigenvalue weighted by molar-refractivity contribution is -0.137. The van der Waals surface area contributed by atoms with Crippen molar-refractivity contribution in [2.75, 3.05) is 18.5 Å². The fourth-order valence-corrected chi connectivity index (χ4v) is 3.30. The zero-order valence-electron chi connectivity index (χ0n) is 15.2. The summed E-state index contributed by atoms with van der Waals surface area (Å²) in [5, 5.41) is 15.2. The molecule has 0 aliphatic carbocycles. The van der Waals surface area contributed by atoms with Crippen molar-refractivity contribution in [3.8, 4) is 23.0 Å². The molecule has 0 saturated carbocycles. The van der Waals surface area contributed by atoms with Gasteiger partial charge in [-0.05, 0) is 18.2 Å². The highest BCUT2D eigenvalue weighted by atomic mass is 35.5. The normalized spacial score (nSPS) is 12.0. The summed E-state index contributed by atoms with van der Waals surface area (Å²) in [7, 11) is 0. The van der Waals surface area contributed by atoms with Crippen LogP contribution in [0.4, 0.5) is 23.2 Å². The third kappa shape index (κ3) is 4.16. The number of hydrogen-bond donors (Lipinski definition) is 2. The van der Waals surface area contributed by atoms with Crippen LogP contribution in [0, 0.1) is 5.82 Å². The van der Waals surface area contributed by atoms with E-state index in [0.717, 1.165) is 22.7 Å². The first-order valence-corrected chi connectivity index (χ1v) is 9.36. The van der Waals surface area contributed by atoms with Gasteiger partial charge in [-0.2, -0.15) is 18.2 Å². The quantitative estimate of drug-likeness (QED) is 0.398. The molecule has 13 heteroatoms. The number of nitrogens with one attached hydrogen (secondary N) is 1. The van der Waals surface area contributed by atoms with Crippen LogP contribution >= 0.6 is 23.2 Å². The molecule has 3 aromatic heterocycles. The minimum atomic E-state index is -4.58. The number of pyridine rings is 1. The Kier molecular flexibility index (Phi) is 5.50. The molecular formula is C18H11Cl2F4N5O2. The van der Waals surface area contributed by atoms with Crippen molar-refractivity contribution in [1.82, 2.24) is 19.5 Å². The van der Waals surface area contributed by atoms with Crippen LogP contribution in [0.5, 0.6) is 0 Å². The van der Waals surface area contributed by atoms with Crippen LogP contribution in [0.25, 0.3) is 28.6 Å². The SMILES string of the molecule is OCCNc1cc(Cl)c(-c2noc(-c3cn4cc(C(F)(F)F)cc(Cl)c4n3)n2)cc1F. The fourth-order valence-electron chi connectivity index (χ4n) is 2.80. The molecule has 7 nitrogen and oxygen atoms in total. The van der Waals surface area contributed by atoms with E-state index >= 15 is 0 Å². The predicted octanol–water partition coefficient (Wildman–Crippen LogP) is 4.92. The molecule has 0 amide bonds. The van der Waals surface area contributed by atoms with E-state index in [-0.39, 0.29) is 57.5 Å². The topological polar surface area (TPSA) is 88.5 Å². The highest BCUT2D eigenvalue weighted by Crippen LogP contribution is 2.34. The minimum Gasteiger partial charge on any atom is -0.395 e. The lowest BCUT2D eigenvalue weighted by Gasteiger charge is -2.08. The van der Waals surface area contributed by atoms with Crippen LogP contribution in [0.1, 0.15) is 5.56 Å². The Labute approximate surface area is 181 Å². The van der Waals surface area contributed by atoms with Gasteiger partial charge in [0.1, 0.15) is 11.5 Å². The van der Waals surface area contributed by atoms with Gasteiger partial charge in [-0.25, -0.2) is 9.37 Å². The molecule has 0 aliphatic heterocycles. The van der Waals surface area contributed by atoms with Gasteiger partial charge in [0.2, 0.25) is 5.82 Å². The molecule has 0 radical (unpaired) electrons. The first-order chi connectivity index (χ1) is 14.7. The number of halogens is 6. The van der Waals surface area contributed by atoms with Gasteiger partial charge in [-0.3, -0.25) is 0 Å². The summed E-state index contributed by atoms with van der Waals surface area (Å²) in [4.78, 5) is 8.24. The van der Waals surface area contributed by atoms with E-state index in [9.17, 15) is 17.6 Å². The Bertz CT molecular complexity index is 1270. The van der Waals surface area contributed by atoms with Crippen molar-refractivity contribution in [2.45, 2.75) is 6.18 Å². The molecule has 162 valence electrons. The minimum absolute atomic E-state index is 0.0493. The van der Waals surface area contributed by atoms with Gasteiger partial charge in [-0.1, -0.05) is 28.4 Å². The molecule has 3 heterocycles. The number of alkyl halides is 3. The summed E-state index contributed by atoms with van der Waals surface area (Å²) >= 11 is 12.1. The standard InChI is InChI=1S/C18H11Cl2F4N5O2/c19-10-5-13(25-1-2-30)12(21)4-9(10)15-27-17(31-28-15)14-7-29-6-8(18(22,23)24)3-11(20)16(29)26-14/h3-7,25,30H,1-2H2. The van der Waals surface area contributed by atoms with Crippen LogP contribution in [0.15, 0.2) is 35.1 Å². The smallest absolute Gasteiger partial charge is 0.395 e. The Balaban J connectivity index is 1.70. The Morgan fingerprint density at radius 3 is 2.58 bits per heavy atom. The fraction of sp³-hybridized carbons (Fsp3) is 0.167. The second-order valence-corrected chi connectivity index (χ2v) is 7.13. The van der Waals surface area contributed by atoms with Crippen molar-refractivity contribution in [3.63, 3.8) is 0 Å².